The molecule has 0 unspecified atom stereocenters. The summed E-state index contributed by atoms with van der Waals surface area (Å²) < 4.78 is 17.9. The smallest absolute Gasteiger partial charge is 0.196 e. The van der Waals surface area contributed by atoms with E-state index >= 15 is 4.79 Å². The molecule has 12 nitrogen and oxygen atoms in total. The number of guanidine groups is 1. The Bertz CT molecular complexity index is 2060. The number of aliphatic hydroxyl groups excluding tert-OH is 1. The van der Waals surface area contributed by atoms with E-state index in [2.05, 4.69) is 58.2 Å². The summed E-state index contributed by atoms with van der Waals surface area (Å²) in [5, 5.41) is 43.6. The van der Waals surface area contributed by atoms with Crippen molar-refractivity contribution in [2.24, 2.45) is 40.0 Å². The van der Waals surface area contributed by atoms with Crippen molar-refractivity contribution < 1.29 is 39.1 Å². The van der Waals surface area contributed by atoms with Gasteiger partial charge in [0.15, 0.2) is 41.0 Å². The molecule has 0 radical (unpaired) electrons. The maximum absolute atomic E-state index is 15.6. The number of rotatable bonds is 16. The van der Waals surface area contributed by atoms with Crippen LogP contribution in [-0.4, -0.2) is 91.2 Å². The highest BCUT2D eigenvalue weighted by molar-refractivity contribution is 8.77. The van der Waals surface area contributed by atoms with Crippen LogP contribution in [0.4, 0.5) is 5.69 Å². The molecule has 0 amide bonds. The number of carbonyl (C=O) groups is 2. The van der Waals surface area contributed by atoms with Crippen LogP contribution < -0.4 is 25.4 Å². The van der Waals surface area contributed by atoms with E-state index in [1.807, 2.05) is 25.3 Å². The highest BCUT2D eigenvalue weighted by Gasteiger charge is 2.57. The molecule has 65 heavy (non-hydrogen) atoms. The van der Waals surface area contributed by atoms with Crippen molar-refractivity contribution in [2.75, 3.05) is 46.1 Å². The van der Waals surface area contributed by atoms with Gasteiger partial charge in [0.25, 0.3) is 0 Å². The van der Waals surface area contributed by atoms with Crippen LogP contribution >= 0.6 is 21.6 Å². The highest BCUT2D eigenvalue weighted by Crippen LogP contribution is 2.60. The SMILES string of the molecule is CC[C@@H](CC=O)CC[C@@H]1/C=C/C(=O)[C@@]2(Cc3ccc(O)c(OC)c3)[C@@H]3C=C[C@H](SSCNC(=NC)Nc4cc(cc(O[C@@]5(CNC)CC[C@H](C[C@H](O)OC)C5)c4O)C14CCCC4)[C@H]2CC3. The fourth-order valence-electron chi connectivity index (χ4n) is 12.3. The van der Waals surface area contributed by atoms with Gasteiger partial charge in [0, 0.05) is 49.6 Å². The number of allylic oxidation sites excluding steroid dienone is 3. The first-order chi connectivity index (χ1) is 31.5. The van der Waals surface area contributed by atoms with E-state index in [1.54, 1.807) is 41.8 Å². The van der Waals surface area contributed by atoms with Crippen molar-refractivity contribution in [3.8, 4) is 23.0 Å². The number of aliphatic hydroxyl groups is 1. The number of phenolic OH excluding ortho intramolecular Hbond substituents is 2. The number of phenols is 2. The number of ether oxygens (including phenoxy) is 3. The molecule has 7 rings (SSSR count). The number of hydrogen-bond donors (Lipinski definition) is 6. The number of fused-ring (bicyclic) bond motifs is 3. The molecule has 2 aromatic rings. The van der Waals surface area contributed by atoms with Gasteiger partial charge in [-0.15, -0.1) is 0 Å². The second-order valence-electron chi connectivity index (χ2n) is 19.3. The van der Waals surface area contributed by atoms with Crippen molar-refractivity contribution in [3.05, 3.63) is 65.8 Å². The monoisotopic (exact) mass is 932 g/mol. The lowest BCUT2D eigenvalue weighted by atomic mass is 9.61. The number of likely N-dealkylation sites (N-methyl/N-ethyl adjacent to an activating group) is 1. The number of carbonyl (C=O) groups excluding carboxylic acids is 2. The van der Waals surface area contributed by atoms with Crippen molar-refractivity contribution >= 4 is 45.3 Å². The van der Waals surface area contributed by atoms with Crippen LogP contribution in [-0.2, 0) is 26.2 Å². The van der Waals surface area contributed by atoms with Gasteiger partial charge in [0.2, 0.25) is 0 Å². The molecule has 6 bridgehead atoms. The number of nitrogens with one attached hydrogen (secondary N) is 3. The highest BCUT2D eigenvalue weighted by atomic mass is 33.1. The molecule has 5 aliphatic rings. The van der Waals surface area contributed by atoms with Crippen molar-refractivity contribution in [1.82, 2.24) is 10.6 Å². The molecule has 1 heterocycles. The first kappa shape index (κ1) is 49.2. The van der Waals surface area contributed by atoms with Crippen molar-refractivity contribution in [3.63, 3.8) is 0 Å². The van der Waals surface area contributed by atoms with Crippen LogP contribution in [0.5, 0.6) is 23.0 Å². The number of hydrogen-bond acceptors (Lipinski definition) is 12. The summed E-state index contributed by atoms with van der Waals surface area (Å²) in [7, 11) is 10.2. The van der Waals surface area contributed by atoms with Gasteiger partial charge in [0.05, 0.1) is 18.7 Å². The Hall–Kier alpha value is -3.69. The van der Waals surface area contributed by atoms with Gasteiger partial charge in [0.1, 0.15) is 11.9 Å². The summed E-state index contributed by atoms with van der Waals surface area (Å²) in [5.74, 6) is 2.53. The molecular weight excluding hydrogens is 861 g/mol. The zero-order valence-electron chi connectivity index (χ0n) is 39.0. The van der Waals surface area contributed by atoms with Crippen LogP contribution in [0.3, 0.4) is 0 Å². The Morgan fingerprint density at radius 1 is 1.05 bits per heavy atom. The summed E-state index contributed by atoms with van der Waals surface area (Å²) in [6, 6.07) is 9.60. The topological polar surface area (TPSA) is 171 Å². The van der Waals surface area contributed by atoms with Gasteiger partial charge in [-0.05, 0) is 142 Å². The summed E-state index contributed by atoms with van der Waals surface area (Å²) in [6.45, 7) is 2.70. The summed E-state index contributed by atoms with van der Waals surface area (Å²) in [5.41, 5.74) is 0.748. The zero-order chi connectivity index (χ0) is 46.2. The number of ketones is 1. The summed E-state index contributed by atoms with van der Waals surface area (Å²) in [4.78, 5) is 32.1. The number of benzene rings is 2. The fraction of sp³-hybridized carbons (Fsp3) is 0.627. The van der Waals surface area contributed by atoms with Gasteiger partial charge in [-0.3, -0.25) is 9.79 Å². The van der Waals surface area contributed by atoms with Crippen LogP contribution in [0.25, 0.3) is 0 Å². The molecule has 2 aromatic carbocycles. The summed E-state index contributed by atoms with van der Waals surface area (Å²) >= 11 is 0. The van der Waals surface area contributed by atoms with Gasteiger partial charge in [-0.2, -0.15) is 0 Å². The molecule has 0 aromatic heterocycles. The predicted molar refractivity (Wildman–Crippen MR) is 262 cm³/mol. The predicted octanol–water partition coefficient (Wildman–Crippen LogP) is 9.08. The number of anilines is 1. The van der Waals surface area contributed by atoms with Gasteiger partial charge in [-0.1, -0.05) is 72.1 Å². The van der Waals surface area contributed by atoms with E-state index in [9.17, 15) is 20.1 Å². The third-order valence-electron chi connectivity index (χ3n) is 15.7. The average molecular weight is 933 g/mol. The lowest BCUT2D eigenvalue weighted by Gasteiger charge is -2.43. The molecule has 1 spiro atoms. The Labute approximate surface area is 394 Å². The minimum Gasteiger partial charge on any atom is -0.504 e. The van der Waals surface area contributed by atoms with Crippen molar-refractivity contribution in [2.45, 2.75) is 126 Å². The number of aromatic hydroxyl groups is 2. The first-order valence-electron chi connectivity index (χ1n) is 23.8. The normalized spacial score (nSPS) is 30.6. The van der Waals surface area contributed by atoms with Gasteiger partial charge < -0.3 is 50.3 Å². The van der Waals surface area contributed by atoms with Crippen LogP contribution in [0.15, 0.2) is 59.6 Å². The number of methoxy groups -OCH3 is 2. The van der Waals surface area contributed by atoms with E-state index < -0.39 is 22.7 Å². The van der Waals surface area contributed by atoms with Gasteiger partial charge >= 0.3 is 0 Å². The molecule has 6 N–H and O–H groups in total. The lowest BCUT2D eigenvalue weighted by molar-refractivity contribution is -0.127. The number of aldehydes is 1. The van der Waals surface area contributed by atoms with E-state index in [0.29, 0.717) is 61.3 Å². The molecule has 14 heteroatoms. The van der Waals surface area contributed by atoms with Crippen LogP contribution in [0.1, 0.15) is 108 Å². The van der Waals surface area contributed by atoms with Crippen LogP contribution in [0.2, 0.25) is 0 Å². The molecule has 9 atom stereocenters. The third-order valence-corrected chi connectivity index (χ3v) is 18.3. The Morgan fingerprint density at radius 2 is 1.86 bits per heavy atom. The number of aliphatic imine (C=N–C) groups is 1. The summed E-state index contributed by atoms with van der Waals surface area (Å²) in [6.07, 6.45) is 20.9. The van der Waals surface area contributed by atoms with Crippen LogP contribution in [0, 0.1) is 35.0 Å². The lowest BCUT2D eigenvalue weighted by Crippen LogP contribution is -2.46. The fourth-order valence-corrected chi connectivity index (χ4v) is 14.8. The molecular formula is C51H72N4O8S2. The molecule has 356 valence electrons. The Kier molecular flexibility index (Phi) is 16.6. The minimum absolute atomic E-state index is 0.00251. The number of nitrogens with zero attached hydrogens (tertiary/aromatic N) is 1. The van der Waals surface area contributed by atoms with E-state index in [0.717, 1.165) is 88.0 Å². The molecule has 4 aliphatic carbocycles. The molecule has 3 saturated carbocycles. The zero-order valence-corrected chi connectivity index (χ0v) is 40.6. The second-order valence-corrected chi connectivity index (χ2v) is 21.8. The standard InChI is InChI=1S/C51H72N4O8S2/c1-6-33(20-24-56)9-11-36-14-18-45(58)51(30-34-10-16-41(57)42(25-34)61-4)37-12-15-39(51)44(17-13-37)65-64-32-54-48(53-3)55-40-27-38(50(36)21-7-8-22-50)28-43(47(40)60)63-49(31-52-2)23-19-35(29-49)26-46(59)62-5/h10,13-14,16-18,24-25,27-28,33,35-37,39,44,46,52,57,59-60H,6-9,11-12,15,19-23,26,29-32H2,1-5H3,(H2,53,54,55)/b18-14+/t33-,35-,36-,37+,39-,44+,46-,49+,51+/m1/s1. The molecule has 3 fully saturated rings. The maximum atomic E-state index is 15.6. The van der Waals surface area contributed by atoms with E-state index in [-0.39, 0.29) is 52.1 Å². The average Bonchev–Trinajstić information content (AvgIpc) is 4.01. The molecule has 1 aliphatic heterocycles. The Balaban J connectivity index is 1.36. The van der Waals surface area contributed by atoms with Gasteiger partial charge in [-0.25, -0.2) is 0 Å². The largest absolute Gasteiger partial charge is 0.504 e. The Morgan fingerprint density at radius 3 is 2.58 bits per heavy atom. The van der Waals surface area contributed by atoms with E-state index in [1.165, 1.54) is 7.11 Å². The second kappa shape index (κ2) is 22.0. The quantitative estimate of drug-likeness (QED) is 0.0310. The van der Waals surface area contributed by atoms with E-state index in [4.69, 9.17) is 14.2 Å². The first-order valence-corrected chi connectivity index (χ1v) is 26.2. The molecule has 0 saturated heterocycles. The maximum Gasteiger partial charge on any atom is 0.196 e. The minimum atomic E-state index is -0.853. The third kappa shape index (κ3) is 10.6. The van der Waals surface area contributed by atoms with Crippen molar-refractivity contribution in [1.29, 1.82) is 0 Å².